The van der Waals surface area contributed by atoms with E-state index in [1.807, 2.05) is 19.9 Å². The van der Waals surface area contributed by atoms with Crippen LogP contribution in [-0.2, 0) is 0 Å². The van der Waals surface area contributed by atoms with Crippen LogP contribution in [-0.4, -0.2) is 27.9 Å². The smallest absolute Gasteiger partial charge is 0.257 e. The van der Waals surface area contributed by atoms with Gasteiger partial charge in [-0.3, -0.25) is 9.78 Å². The molecule has 0 radical (unpaired) electrons. The number of aromatic hydroxyl groups is 1. The van der Waals surface area contributed by atoms with Gasteiger partial charge < -0.3 is 10.0 Å². The van der Waals surface area contributed by atoms with Crippen LogP contribution in [0.15, 0.2) is 36.5 Å². The fourth-order valence-electron chi connectivity index (χ4n) is 2.10. The molecular formula is C16H17ClN2O2. The maximum atomic E-state index is 12.5. The summed E-state index contributed by atoms with van der Waals surface area (Å²) in [6.07, 6.45) is 1.48. The number of halogens is 1. The zero-order valence-electron chi connectivity index (χ0n) is 12.2. The van der Waals surface area contributed by atoms with E-state index in [0.29, 0.717) is 16.1 Å². The molecule has 1 aromatic heterocycles. The van der Waals surface area contributed by atoms with Crippen LogP contribution in [0.25, 0.3) is 0 Å². The molecule has 1 aromatic carbocycles. The van der Waals surface area contributed by atoms with Crippen molar-refractivity contribution in [3.63, 3.8) is 0 Å². The first-order chi connectivity index (χ1) is 9.91. The number of phenols is 1. The van der Waals surface area contributed by atoms with Crippen LogP contribution in [0, 0.1) is 6.92 Å². The third-order valence-corrected chi connectivity index (χ3v) is 3.82. The summed E-state index contributed by atoms with van der Waals surface area (Å²) in [6, 6.07) is 8.34. The van der Waals surface area contributed by atoms with E-state index < -0.39 is 0 Å². The molecule has 0 bridgehead atoms. The summed E-state index contributed by atoms with van der Waals surface area (Å²) in [7, 11) is 1.68. The molecule has 21 heavy (non-hydrogen) atoms. The van der Waals surface area contributed by atoms with Crippen molar-refractivity contribution in [2.75, 3.05) is 7.05 Å². The Morgan fingerprint density at radius 3 is 2.67 bits per heavy atom. The van der Waals surface area contributed by atoms with Crippen LogP contribution >= 0.6 is 11.6 Å². The molecule has 1 amide bonds. The molecule has 0 saturated carbocycles. The predicted molar refractivity (Wildman–Crippen MR) is 82.6 cm³/mol. The van der Waals surface area contributed by atoms with Gasteiger partial charge in [0.15, 0.2) is 0 Å². The number of carbonyl (C=O) groups excluding carboxylic acids is 1. The summed E-state index contributed by atoms with van der Waals surface area (Å²) in [5, 5.41) is 10.3. The van der Waals surface area contributed by atoms with Gasteiger partial charge in [-0.15, -0.1) is 0 Å². The Morgan fingerprint density at radius 2 is 2.05 bits per heavy atom. The highest BCUT2D eigenvalue weighted by Gasteiger charge is 2.22. The van der Waals surface area contributed by atoms with Gasteiger partial charge in [-0.2, -0.15) is 0 Å². The normalized spacial score (nSPS) is 12.0. The van der Waals surface area contributed by atoms with Gasteiger partial charge in [0.25, 0.3) is 5.91 Å². The molecule has 110 valence electrons. The molecule has 0 fully saturated rings. The maximum absolute atomic E-state index is 12.5. The number of rotatable bonds is 3. The monoisotopic (exact) mass is 304 g/mol. The second kappa shape index (κ2) is 6.14. The van der Waals surface area contributed by atoms with Crippen LogP contribution in [0.4, 0.5) is 0 Å². The number of aryl methyl sites for hydroxylation is 1. The molecular weight excluding hydrogens is 288 g/mol. The molecule has 0 aliphatic rings. The third-order valence-electron chi connectivity index (χ3n) is 3.51. The summed E-state index contributed by atoms with van der Waals surface area (Å²) in [5.41, 5.74) is 1.80. The average molecular weight is 305 g/mol. The van der Waals surface area contributed by atoms with Crippen molar-refractivity contribution in [2.24, 2.45) is 0 Å². The minimum absolute atomic E-state index is 0.165. The minimum Gasteiger partial charge on any atom is -0.508 e. The second-order valence-corrected chi connectivity index (χ2v) is 5.36. The lowest BCUT2D eigenvalue weighted by Crippen LogP contribution is -2.30. The number of pyridine rings is 1. The van der Waals surface area contributed by atoms with Crippen molar-refractivity contribution < 1.29 is 9.90 Å². The maximum Gasteiger partial charge on any atom is 0.257 e. The Morgan fingerprint density at radius 1 is 1.38 bits per heavy atom. The first-order valence-corrected chi connectivity index (χ1v) is 6.96. The van der Waals surface area contributed by atoms with Crippen LogP contribution in [0.1, 0.15) is 34.6 Å². The molecule has 0 aliphatic carbocycles. The number of nitrogens with zero attached hydrogens (tertiary/aromatic N) is 2. The highest BCUT2D eigenvalue weighted by molar-refractivity contribution is 6.33. The van der Waals surface area contributed by atoms with Gasteiger partial charge in [0.2, 0.25) is 0 Å². The highest BCUT2D eigenvalue weighted by Crippen LogP contribution is 2.29. The third kappa shape index (κ3) is 3.16. The van der Waals surface area contributed by atoms with Crippen LogP contribution in [0.2, 0.25) is 5.02 Å². The Labute approximate surface area is 129 Å². The molecule has 0 saturated heterocycles. The van der Waals surface area contributed by atoms with E-state index in [1.54, 1.807) is 31.3 Å². The van der Waals surface area contributed by atoms with Gasteiger partial charge in [-0.25, -0.2) is 0 Å². The number of aromatic nitrogens is 1. The fourth-order valence-corrected chi connectivity index (χ4v) is 2.39. The van der Waals surface area contributed by atoms with Crippen molar-refractivity contribution in [3.05, 3.63) is 58.4 Å². The average Bonchev–Trinajstić information content (AvgIpc) is 2.45. The molecule has 1 heterocycles. The number of para-hydroxylation sites is 1. The molecule has 0 aliphatic heterocycles. The van der Waals surface area contributed by atoms with Gasteiger partial charge in [-0.05, 0) is 26.0 Å². The summed E-state index contributed by atoms with van der Waals surface area (Å²) in [6.45, 7) is 3.66. The van der Waals surface area contributed by atoms with Crippen molar-refractivity contribution in [1.29, 1.82) is 0 Å². The standard InChI is InChI=1S/C16H17ClN2O2/c1-10-8-14(17)13(9-18-10)16(21)19(3)11(2)12-6-4-5-7-15(12)20/h4-9,11,20H,1-3H3. The second-order valence-electron chi connectivity index (χ2n) is 4.96. The van der Waals surface area contributed by atoms with E-state index in [2.05, 4.69) is 4.98 Å². The van der Waals surface area contributed by atoms with Crippen molar-refractivity contribution >= 4 is 17.5 Å². The SMILES string of the molecule is Cc1cc(Cl)c(C(=O)N(C)C(C)c2ccccc2O)cn1. The molecule has 4 nitrogen and oxygen atoms in total. The molecule has 1 atom stereocenters. The zero-order chi connectivity index (χ0) is 15.6. The Kier molecular flexibility index (Phi) is 4.48. The summed E-state index contributed by atoms with van der Waals surface area (Å²) in [4.78, 5) is 18.2. The summed E-state index contributed by atoms with van der Waals surface area (Å²) < 4.78 is 0. The molecule has 2 rings (SSSR count). The Hall–Kier alpha value is -2.07. The number of amides is 1. The van der Waals surface area contributed by atoms with Crippen molar-refractivity contribution in [1.82, 2.24) is 9.88 Å². The first kappa shape index (κ1) is 15.3. The van der Waals surface area contributed by atoms with E-state index in [4.69, 9.17) is 11.6 Å². The number of phenolic OH excluding ortho intramolecular Hbond substituents is 1. The molecule has 1 N–H and O–H groups in total. The van der Waals surface area contributed by atoms with E-state index in [0.717, 1.165) is 5.69 Å². The lowest BCUT2D eigenvalue weighted by molar-refractivity contribution is 0.0741. The topological polar surface area (TPSA) is 53.4 Å². The van der Waals surface area contributed by atoms with E-state index in [9.17, 15) is 9.90 Å². The Bertz CT molecular complexity index is 673. The molecule has 2 aromatic rings. The highest BCUT2D eigenvalue weighted by atomic mass is 35.5. The number of carbonyl (C=O) groups is 1. The van der Waals surface area contributed by atoms with Gasteiger partial charge in [0, 0.05) is 24.5 Å². The lowest BCUT2D eigenvalue weighted by atomic mass is 10.1. The predicted octanol–water partition coefficient (Wildman–Crippen LogP) is 3.58. The number of hydrogen-bond donors (Lipinski definition) is 1. The minimum atomic E-state index is -0.281. The molecule has 1 unspecified atom stereocenters. The van der Waals surface area contributed by atoms with E-state index >= 15 is 0 Å². The summed E-state index contributed by atoms with van der Waals surface area (Å²) >= 11 is 6.11. The lowest BCUT2D eigenvalue weighted by Gasteiger charge is -2.26. The van der Waals surface area contributed by atoms with Crippen molar-refractivity contribution in [3.8, 4) is 5.75 Å². The van der Waals surface area contributed by atoms with E-state index in [-0.39, 0.29) is 17.7 Å². The Balaban J connectivity index is 2.29. The fraction of sp³-hybridized carbons (Fsp3) is 0.250. The number of benzene rings is 1. The van der Waals surface area contributed by atoms with Crippen LogP contribution in [0.3, 0.4) is 0 Å². The van der Waals surface area contributed by atoms with Crippen molar-refractivity contribution in [2.45, 2.75) is 19.9 Å². The molecule has 0 spiro atoms. The number of hydrogen-bond acceptors (Lipinski definition) is 3. The van der Waals surface area contributed by atoms with E-state index in [1.165, 1.54) is 11.1 Å². The van der Waals surface area contributed by atoms with Gasteiger partial charge >= 0.3 is 0 Å². The zero-order valence-corrected chi connectivity index (χ0v) is 12.9. The summed E-state index contributed by atoms with van der Waals surface area (Å²) in [5.74, 6) is -0.0685. The van der Waals surface area contributed by atoms with Gasteiger partial charge in [0.05, 0.1) is 16.6 Å². The van der Waals surface area contributed by atoms with Crippen LogP contribution < -0.4 is 0 Å². The first-order valence-electron chi connectivity index (χ1n) is 6.59. The van der Waals surface area contributed by atoms with Gasteiger partial charge in [0.1, 0.15) is 5.75 Å². The molecule has 5 heteroatoms. The van der Waals surface area contributed by atoms with Crippen LogP contribution in [0.5, 0.6) is 5.75 Å². The quantitative estimate of drug-likeness (QED) is 0.943. The largest absolute Gasteiger partial charge is 0.508 e. The van der Waals surface area contributed by atoms with Gasteiger partial charge in [-0.1, -0.05) is 29.8 Å².